The van der Waals surface area contributed by atoms with Crippen LogP contribution in [0.3, 0.4) is 0 Å². The molecule has 1 saturated heterocycles. The summed E-state index contributed by atoms with van der Waals surface area (Å²) in [5, 5.41) is 3.02. The minimum atomic E-state index is -0.353. The van der Waals surface area contributed by atoms with E-state index in [1.54, 1.807) is 17.0 Å². The average molecular weight is 431 g/mol. The van der Waals surface area contributed by atoms with Gasteiger partial charge in [0, 0.05) is 29.4 Å². The molecule has 1 aliphatic heterocycles. The van der Waals surface area contributed by atoms with E-state index in [9.17, 15) is 14.0 Å². The van der Waals surface area contributed by atoms with E-state index in [4.69, 9.17) is 0 Å². The summed E-state index contributed by atoms with van der Waals surface area (Å²) in [5.41, 5.74) is 1.76. The molecule has 6 heteroatoms. The van der Waals surface area contributed by atoms with Crippen molar-refractivity contribution in [2.45, 2.75) is 24.7 Å². The van der Waals surface area contributed by atoms with Gasteiger partial charge in [-0.05, 0) is 58.6 Å². The number of anilines is 1. The van der Waals surface area contributed by atoms with Gasteiger partial charge in [0.1, 0.15) is 5.82 Å². The lowest BCUT2D eigenvalue weighted by atomic mass is 9.95. The monoisotopic (exact) mass is 430 g/mol. The third-order valence-corrected chi connectivity index (χ3v) is 6.22. The van der Waals surface area contributed by atoms with Gasteiger partial charge in [0.05, 0.1) is 11.6 Å². The first-order valence-electron chi connectivity index (χ1n) is 9.07. The van der Waals surface area contributed by atoms with Gasteiger partial charge < -0.3 is 10.2 Å². The van der Waals surface area contributed by atoms with Crippen molar-refractivity contribution >= 4 is 33.4 Å². The van der Waals surface area contributed by atoms with E-state index in [2.05, 4.69) is 21.2 Å². The second-order valence-corrected chi connectivity index (χ2v) is 8.22. The standard InChI is InChI=1S/C21H20BrFN2O2/c22-17-3-1-2-4-18(17)25-12-14(11-19(25)26)20(27)24-13-21(9-10-21)15-5-7-16(23)8-6-15/h1-8,14H,9-13H2,(H,24,27). The van der Waals surface area contributed by atoms with Crippen molar-refractivity contribution in [2.75, 3.05) is 18.0 Å². The summed E-state index contributed by atoms with van der Waals surface area (Å²) in [5.74, 6) is -0.739. The first kappa shape index (κ1) is 18.2. The molecule has 0 aromatic heterocycles. The molecule has 27 heavy (non-hydrogen) atoms. The molecule has 0 bridgehead atoms. The Morgan fingerprint density at radius 2 is 1.89 bits per heavy atom. The van der Waals surface area contributed by atoms with Crippen molar-refractivity contribution in [3.63, 3.8) is 0 Å². The maximum absolute atomic E-state index is 13.1. The highest BCUT2D eigenvalue weighted by molar-refractivity contribution is 9.10. The molecule has 1 aliphatic carbocycles. The zero-order valence-corrected chi connectivity index (χ0v) is 16.3. The van der Waals surface area contributed by atoms with Crippen molar-refractivity contribution < 1.29 is 14.0 Å². The molecule has 1 atom stereocenters. The lowest BCUT2D eigenvalue weighted by Crippen LogP contribution is -2.37. The fraction of sp³-hybridized carbons (Fsp3) is 0.333. The first-order valence-corrected chi connectivity index (χ1v) is 9.86. The fourth-order valence-corrected chi connectivity index (χ4v) is 4.21. The zero-order chi connectivity index (χ0) is 19.0. The van der Waals surface area contributed by atoms with Crippen molar-refractivity contribution in [3.05, 3.63) is 64.4 Å². The normalized spacial score (nSPS) is 20.6. The van der Waals surface area contributed by atoms with Crippen LogP contribution in [0, 0.1) is 11.7 Å². The highest BCUT2D eigenvalue weighted by Gasteiger charge is 2.45. The molecular weight excluding hydrogens is 411 g/mol. The Labute approximate surface area is 165 Å². The van der Waals surface area contributed by atoms with Gasteiger partial charge in [-0.25, -0.2) is 4.39 Å². The van der Waals surface area contributed by atoms with Crippen molar-refractivity contribution in [2.24, 2.45) is 5.92 Å². The number of hydrogen-bond acceptors (Lipinski definition) is 2. The third-order valence-electron chi connectivity index (χ3n) is 5.55. The van der Waals surface area contributed by atoms with E-state index in [0.717, 1.165) is 28.6 Å². The van der Waals surface area contributed by atoms with Crippen molar-refractivity contribution in [1.82, 2.24) is 5.32 Å². The Balaban J connectivity index is 1.39. The smallest absolute Gasteiger partial charge is 0.227 e. The number of carbonyl (C=O) groups excluding carboxylic acids is 2. The van der Waals surface area contributed by atoms with Crippen LogP contribution in [0.2, 0.25) is 0 Å². The van der Waals surface area contributed by atoms with Crippen molar-refractivity contribution in [1.29, 1.82) is 0 Å². The van der Waals surface area contributed by atoms with Gasteiger partial charge in [-0.3, -0.25) is 9.59 Å². The molecule has 2 aromatic rings. The molecule has 2 fully saturated rings. The summed E-state index contributed by atoms with van der Waals surface area (Å²) in [6.45, 7) is 0.911. The number of amides is 2. The molecule has 2 amide bonds. The third kappa shape index (κ3) is 3.63. The topological polar surface area (TPSA) is 49.4 Å². The summed E-state index contributed by atoms with van der Waals surface area (Å²) < 4.78 is 14.0. The Kier molecular flexibility index (Phi) is 4.76. The number of carbonyl (C=O) groups is 2. The zero-order valence-electron chi connectivity index (χ0n) is 14.8. The van der Waals surface area contributed by atoms with Gasteiger partial charge in [-0.1, -0.05) is 24.3 Å². The molecule has 0 radical (unpaired) electrons. The second-order valence-electron chi connectivity index (χ2n) is 7.36. The summed E-state index contributed by atoms with van der Waals surface area (Å²) in [4.78, 5) is 26.7. The number of nitrogens with zero attached hydrogens (tertiary/aromatic N) is 1. The van der Waals surface area contributed by atoms with Crippen LogP contribution in [0.1, 0.15) is 24.8 Å². The fourth-order valence-electron chi connectivity index (χ4n) is 3.71. The van der Waals surface area contributed by atoms with Gasteiger partial charge in [-0.15, -0.1) is 0 Å². The molecule has 1 unspecified atom stereocenters. The number of halogens is 2. The van der Waals surface area contributed by atoms with Gasteiger partial charge in [0.2, 0.25) is 11.8 Å². The Bertz CT molecular complexity index is 880. The van der Waals surface area contributed by atoms with Crippen LogP contribution in [0.5, 0.6) is 0 Å². The van der Waals surface area contributed by atoms with Gasteiger partial charge in [0.15, 0.2) is 0 Å². The molecule has 140 valence electrons. The molecule has 0 spiro atoms. The SMILES string of the molecule is O=C(NCC1(c2ccc(F)cc2)CC1)C1CC(=O)N(c2ccccc2Br)C1. The summed E-state index contributed by atoms with van der Waals surface area (Å²) >= 11 is 3.47. The first-order chi connectivity index (χ1) is 13.0. The van der Waals surface area contributed by atoms with Crippen molar-refractivity contribution in [3.8, 4) is 0 Å². The van der Waals surface area contributed by atoms with Crippen LogP contribution in [0.25, 0.3) is 0 Å². The van der Waals surface area contributed by atoms with E-state index in [-0.39, 0.29) is 35.4 Å². The predicted octanol–water partition coefficient (Wildman–Crippen LogP) is 3.79. The van der Waals surface area contributed by atoms with Crippen LogP contribution in [0.4, 0.5) is 10.1 Å². The van der Waals surface area contributed by atoms with Crippen LogP contribution in [0.15, 0.2) is 53.0 Å². The minimum absolute atomic E-state index is 0.0401. The van der Waals surface area contributed by atoms with Gasteiger partial charge >= 0.3 is 0 Å². The molecule has 4 rings (SSSR count). The minimum Gasteiger partial charge on any atom is -0.355 e. The van der Waals surface area contributed by atoms with E-state index in [1.165, 1.54) is 12.1 Å². The Morgan fingerprint density at radius 3 is 2.56 bits per heavy atom. The molecule has 1 saturated carbocycles. The summed E-state index contributed by atoms with van der Waals surface area (Å²) in [7, 11) is 0. The average Bonchev–Trinajstić information content (AvgIpc) is 3.36. The van der Waals surface area contributed by atoms with E-state index < -0.39 is 0 Å². The lowest BCUT2D eigenvalue weighted by Gasteiger charge is -2.20. The van der Waals surface area contributed by atoms with Gasteiger partial charge in [-0.2, -0.15) is 0 Å². The molecule has 1 N–H and O–H groups in total. The van der Waals surface area contributed by atoms with Crippen LogP contribution >= 0.6 is 15.9 Å². The molecular formula is C21H20BrFN2O2. The van der Waals surface area contributed by atoms with E-state index in [0.29, 0.717) is 13.1 Å². The maximum atomic E-state index is 13.1. The number of hydrogen-bond donors (Lipinski definition) is 1. The highest BCUT2D eigenvalue weighted by Crippen LogP contribution is 2.47. The molecule has 2 aliphatic rings. The highest BCUT2D eigenvalue weighted by atomic mass is 79.9. The number of rotatable bonds is 5. The van der Waals surface area contributed by atoms with Crippen LogP contribution in [-0.4, -0.2) is 24.9 Å². The predicted molar refractivity (Wildman–Crippen MR) is 105 cm³/mol. The summed E-state index contributed by atoms with van der Waals surface area (Å²) in [6.07, 6.45) is 2.17. The molecule has 2 aromatic carbocycles. The Morgan fingerprint density at radius 1 is 1.19 bits per heavy atom. The van der Waals surface area contributed by atoms with E-state index >= 15 is 0 Å². The number of nitrogens with one attached hydrogen (secondary N) is 1. The molecule has 1 heterocycles. The second kappa shape index (κ2) is 7.08. The lowest BCUT2D eigenvalue weighted by molar-refractivity contribution is -0.126. The number of para-hydroxylation sites is 1. The maximum Gasteiger partial charge on any atom is 0.227 e. The van der Waals surface area contributed by atoms with Crippen LogP contribution < -0.4 is 10.2 Å². The van der Waals surface area contributed by atoms with Crippen LogP contribution in [-0.2, 0) is 15.0 Å². The summed E-state index contributed by atoms with van der Waals surface area (Å²) in [6, 6.07) is 14.0. The largest absolute Gasteiger partial charge is 0.355 e. The molecule has 4 nitrogen and oxygen atoms in total. The Hall–Kier alpha value is -2.21. The van der Waals surface area contributed by atoms with E-state index in [1.807, 2.05) is 24.3 Å². The van der Waals surface area contributed by atoms with Gasteiger partial charge in [0.25, 0.3) is 0 Å². The quantitative estimate of drug-likeness (QED) is 0.784. The number of benzene rings is 2.